The minimum absolute atomic E-state index is 0.0623. The number of thioether (sulfide) groups is 1. The van der Waals surface area contributed by atoms with Crippen LogP contribution in [-0.4, -0.2) is 53.9 Å². The van der Waals surface area contributed by atoms with Gasteiger partial charge in [-0.3, -0.25) is 9.59 Å². The quantitative estimate of drug-likeness (QED) is 0.703. The first-order valence-electron chi connectivity index (χ1n) is 8.44. The molecule has 1 aliphatic heterocycles. The van der Waals surface area contributed by atoms with Gasteiger partial charge in [-0.1, -0.05) is 6.92 Å². The monoisotopic (exact) mass is 389 g/mol. The number of carbonyl (C=O) groups excluding carboxylic acids is 2. The summed E-state index contributed by atoms with van der Waals surface area (Å²) in [5.41, 5.74) is -0.455. The third-order valence-corrected chi connectivity index (χ3v) is 5.04. The second-order valence-electron chi connectivity index (χ2n) is 6.02. The van der Waals surface area contributed by atoms with Gasteiger partial charge in [-0.05, 0) is 18.6 Å². The van der Waals surface area contributed by atoms with Crippen molar-refractivity contribution in [3.05, 3.63) is 29.6 Å². The number of amides is 2. The fourth-order valence-electron chi connectivity index (χ4n) is 2.64. The molecule has 1 aromatic carbocycles. The zero-order valence-corrected chi connectivity index (χ0v) is 15.3. The zero-order valence-electron chi connectivity index (χ0n) is 14.5. The van der Waals surface area contributed by atoms with Gasteiger partial charge in [-0.2, -0.15) is 11.8 Å². The molecule has 2 N–H and O–H groups in total. The SMILES string of the molecule is CCCN(CC(=O)Nc1ccc(F)c(F)c1F)C(=O)CC1CSCCN1. The van der Waals surface area contributed by atoms with Crippen molar-refractivity contribution >= 4 is 29.3 Å². The van der Waals surface area contributed by atoms with Crippen molar-refractivity contribution in [2.75, 3.05) is 36.5 Å². The molecular formula is C17H22F3N3O2S. The fraction of sp³-hybridized carbons (Fsp3) is 0.529. The lowest BCUT2D eigenvalue weighted by Gasteiger charge is -2.27. The Labute approximate surface area is 154 Å². The van der Waals surface area contributed by atoms with Gasteiger partial charge in [0.25, 0.3) is 0 Å². The molecule has 1 aliphatic rings. The average molecular weight is 389 g/mol. The number of halogens is 3. The lowest BCUT2D eigenvalue weighted by Crippen LogP contribution is -2.44. The van der Waals surface area contributed by atoms with Gasteiger partial charge < -0.3 is 15.5 Å². The van der Waals surface area contributed by atoms with Gasteiger partial charge in [0.1, 0.15) is 0 Å². The van der Waals surface area contributed by atoms with Crippen LogP contribution in [0.3, 0.4) is 0 Å². The average Bonchev–Trinajstić information content (AvgIpc) is 2.62. The highest BCUT2D eigenvalue weighted by Crippen LogP contribution is 2.19. The molecular weight excluding hydrogens is 367 g/mol. The number of hydrogen-bond donors (Lipinski definition) is 2. The van der Waals surface area contributed by atoms with Gasteiger partial charge >= 0.3 is 0 Å². The van der Waals surface area contributed by atoms with Crippen molar-refractivity contribution in [1.29, 1.82) is 0 Å². The van der Waals surface area contributed by atoms with E-state index >= 15 is 0 Å². The molecule has 1 fully saturated rings. The van der Waals surface area contributed by atoms with Crippen LogP contribution in [0.15, 0.2) is 12.1 Å². The number of carbonyl (C=O) groups is 2. The standard InChI is InChI=1S/C17H22F3N3O2S/c1-2-6-23(15(25)8-11-10-26-7-5-21-11)9-14(24)22-13-4-3-12(18)16(19)17(13)20/h3-4,11,21H,2,5-10H2,1H3,(H,22,24). The molecule has 1 atom stereocenters. The molecule has 1 saturated heterocycles. The van der Waals surface area contributed by atoms with Crippen LogP contribution in [0.4, 0.5) is 18.9 Å². The molecule has 2 amide bonds. The zero-order chi connectivity index (χ0) is 19.1. The molecule has 0 saturated carbocycles. The summed E-state index contributed by atoms with van der Waals surface area (Å²) < 4.78 is 39.8. The summed E-state index contributed by atoms with van der Waals surface area (Å²) in [4.78, 5) is 26.0. The summed E-state index contributed by atoms with van der Waals surface area (Å²) in [6, 6.07) is 1.74. The van der Waals surface area contributed by atoms with Crippen LogP contribution >= 0.6 is 11.8 Å². The van der Waals surface area contributed by atoms with Gasteiger partial charge in [-0.25, -0.2) is 13.2 Å². The van der Waals surface area contributed by atoms with Crippen molar-refractivity contribution in [2.45, 2.75) is 25.8 Å². The molecule has 26 heavy (non-hydrogen) atoms. The maximum atomic E-state index is 13.7. The Hall–Kier alpha value is -1.74. The van der Waals surface area contributed by atoms with E-state index in [2.05, 4.69) is 10.6 Å². The lowest BCUT2D eigenvalue weighted by molar-refractivity contribution is -0.135. The van der Waals surface area contributed by atoms with Crippen molar-refractivity contribution in [3.63, 3.8) is 0 Å². The second kappa shape index (κ2) is 9.82. The number of anilines is 1. The lowest BCUT2D eigenvalue weighted by atomic mass is 10.2. The van der Waals surface area contributed by atoms with E-state index in [0.29, 0.717) is 13.0 Å². The van der Waals surface area contributed by atoms with E-state index in [1.165, 1.54) is 4.90 Å². The fourth-order valence-corrected chi connectivity index (χ4v) is 3.59. The van der Waals surface area contributed by atoms with Crippen molar-refractivity contribution in [3.8, 4) is 0 Å². The molecule has 0 spiro atoms. The van der Waals surface area contributed by atoms with Gasteiger partial charge in [0.05, 0.1) is 12.2 Å². The molecule has 0 bridgehead atoms. The summed E-state index contributed by atoms with van der Waals surface area (Å²) in [6.07, 6.45) is 0.936. The predicted molar refractivity (Wildman–Crippen MR) is 95.5 cm³/mol. The highest BCUT2D eigenvalue weighted by molar-refractivity contribution is 7.99. The number of benzene rings is 1. The summed E-state index contributed by atoms with van der Waals surface area (Å²) in [7, 11) is 0. The summed E-state index contributed by atoms with van der Waals surface area (Å²) in [5.74, 6) is -3.44. The molecule has 9 heteroatoms. The van der Waals surface area contributed by atoms with Crippen molar-refractivity contribution in [2.24, 2.45) is 0 Å². The van der Waals surface area contributed by atoms with Crippen LogP contribution in [-0.2, 0) is 9.59 Å². The van der Waals surface area contributed by atoms with E-state index < -0.39 is 29.0 Å². The van der Waals surface area contributed by atoms with E-state index in [-0.39, 0.29) is 24.9 Å². The van der Waals surface area contributed by atoms with Crippen LogP contribution < -0.4 is 10.6 Å². The topological polar surface area (TPSA) is 61.4 Å². The molecule has 1 aromatic rings. The minimum atomic E-state index is -1.65. The molecule has 0 aromatic heterocycles. The highest BCUT2D eigenvalue weighted by Gasteiger charge is 2.23. The Bertz CT molecular complexity index is 654. The summed E-state index contributed by atoms with van der Waals surface area (Å²) in [5, 5.41) is 5.45. The Morgan fingerprint density at radius 3 is 2.73 bits per heavy atom. The minimum Gasteiger partial charge on any atom is -0.333 e. The molecule has 1 unspecified atom stereocenters. The molecule has 2 rings (SSSR count). The van der Waals surface area contributed by atoms with E-state index in [4.69, 9.17) is 0 Å². The smallest absolute Gasteiger partial charge is 0.244 e. The van der Waals surface area contributed by atoms with Crippen LogP contribution in [0.2, 0.25) is 0 Å². The molecule has 1 heterocycles. The third kappa shape index (κ3) is 5.63. The van der Waals surface area contributed by atoms with Gasteiger partial charge in [0, 0.05) is 37.1 Å². The number of nitrogens with zero attached hydrogens (tertiary/aromatic N) is 1. The molecule has 0 aliphatic carbocycles. The van der Waals surface area contributed by atoms with Crippen LogP contribution in [0, 0.1) is 17.5 Å². The molecule has 5 nitrogen and oxygen atoms in total. The Morgan fingerprint density at radius 2 is 2.08 bits per heavy atom. The predicted octanol–water partition coefficient (Wildman–Crippen LogP) is 2.38. The Balaban J connectivity index is 1.96. The summed E-state index contributed by atoms with van der Waals surface area (Å²) in [6.45, 7) is 2.82. The maximum absolute atomic E-state index is 13.7. The highest BCUT2D eigenvalue weighted by atomic mass is 32.2. The van der Waals surface area contributed by atoms with E-state index in [1.54, 1.807) is 11.8 Å². The van der Waals surface area contributed by atoms with Crippen LogP contribution in [0.5, 0.6) is 0 Å². The first-order chi connectivity index (χ1) is 12.4. The Morgan fingerprint density at radius 1 is 1.31 bits per heavy atom. The Kier molecular flexibility index (Phi) is 7.77. The normalized spacial score (nSPS) is 17.0. The first-order valence-corrected chi connectivity index (χ1v) is 9.60. The van der Waals surface area contributed by atoms with Crippen molar-refractivity contribution < 1.29 is 22.8 Å². The van der Waals surface area contributed by atoms with Gasteiger partial charge in [-0.15, -0.1) is 0 Å². The summed E-state index contributed by atoms with van der Waals surface area (Å²) >= 11 is 1.77. The third-order valence-electron chi connectivity index (χ3n) is 3.91. The number of nitrogens with one attached hydrogen (secondary N) is 2. The van der Waals surface area contributed by atoms with Gasteiger partial charge in [0.2, 0.25) is 11.8 Å². The second-order valence-corrected chi connectivity index (χ2v) is 7.17. The number of hydrogen-bond acceptors (Lipinski definition) is 4. The van der Waals surface area contributed by atoms with Crippen LogP contribution in [0.1, 0.15) is 19.8 Å². The molecule has 144 valence electrons. The number of rotatable bonds is 7. The first kappa shape index (κ1) is 20.6. The van der Waals surface area contributed by atoms with E-state index in [9.17, 15) is 22.8 Å². The maximum Gasteiger partial charge on any atom is 0.244 e. The van der Waals surface area contributed by atoms with Crippen LogP contribution in [0.25, 0.3) is 0 Å². The van der Waals surface area contributed by atoms with Gasteiger partial charge in [0.15, 0.2) is 17.5 Å². The van der Waals surface area contributed by atoms with Crippen molar-refractivity contribution in [1.82, 2.24) is 10.2 Å². The largest absolute Gasteiger partial charge is 0.333 e. The van der Waals surface area contributed by atoms with E-state index in [1.807, 2.05) is 6.92 Å². The van der Waals surface area contributed by atoms with E-state index in [0.717, 1.165) is 30.2 Å². The molecule has 0 radical (unpaired) electrons.